The van der Waals surface area contributed by atoms with Crippen molar-refractivity contribution in [2.45, 2.75) is 0 Å². The van der Waals surface area contributed by atoms with E-state index in [9.17, 15) is 9.59 Å². The van der Waals surface area contributed by atoms with Gasteiger partial charge in [0.05, 0.1) is 11.9 Å². The molecule has 3 heterocycles. The van der Waals surface area contributed by atoms with E-state index in [1.807, 2.05) is 36.5 Å². The van der Waals surface area contributed by atoms with Gasteiger partial charge in [-0.1, -0.05) is 24.8 Å². The van der Waals surface area contributed by atoms with Gasteiger partial charge in [-0.05, 0) is 54.1 Å². The van der Waals surface area contributed by atoms with Gasteiger partial charge in [-0.25, -0.2) is 4.98 Å². The van der Waals surface area contributed by atoms with Crippen molar-refractivity contribution in [3.8, 4) is 23.1 Å². The smallest absolute Gasteiger partial charge is 0.254 e. The van der Waals surface area contributed by atoms with Gasteiger partial charge < -0.3 is 25.0 Å². The summed E-state index contributed by atoms with van der Waals surface area (Å²) in [5.41, 5.74) is 7.78. The van der Waals surface area contributed by atoms with Crippen LogP contribution in [-0.2, 0) is 4.79 Å². The number of rotatable bonds is 7. The zero-order valence-electron chi connectivity index (χ0n) is 19.0. The zero-order valence-corrected chi connectivity index (χ0v) is 19.0. The Hall–Kier alpha value is -4.59. The Kier molecular flexibility index (Phi) is 5.93. The Morgan fingerprint density at radius 3 is 2.34 bits per heavy atom. The van der Waals surface area contributed by atoms with Crippen LogP contribution in [-0.4, -0.2) is 41.3 Å². The molecule has 0 saturated carbocycles. The van der Waals surface area contributed by atoms with Crippen molar-refractivity contribution < 1.29 is 19.1 Å². The summed E-state index contributed by atoms with van der Waals surface area (Å²) in [6, 6.07) is 18.2. The maximum Gasteiger partial charge on any atom is 0.254 e. The molecule has 176 valence electrons. The first-order valence-electron chi connectivity index (χ1n) is 11.2. The number of hydrogen-bond donors (Lipinski definition) is 1. The topological polar surface area (TPSA) is 98.0 Å². The molecule has 2 amide bonds. The predicted octanol–water partition coefficient (Wildman–Crippen LogP) is 4.11. The van der Waals surface area contributed by atoms with Crippen LogP contribution in [0.5, 0.6) is 23.1 Å². The van der Waals surface area contributed by atoms with Gasteiger partial charge in [0.25, 0.3) is 5.91 Å². The molecule has 1 aromatic heterocycles. The molecule has 1 saturated heterocycles. The third-order valence-electron chi connectivity index (χ3n) is 6.02. The first-order chi connectivity index (χ1) is 17.0. The summed E-state index contributed by atoms with van der Waals surface area (Å²) in [7, 11) is 0. The van der Waals surface area contributed by atoms with Crippen molar-refractivity contribution in [2.24, 2.45) is 11.7 Å². The molecular weight excluding hydrogens is 444 g/mol. The molecule has 8 nitrogen and oxygen atoms in total. The molecule has 2 aliphatic heterocycles. The highest BCUT2D eigenvalue weighted by Gasteiger charge is 2.35. The van der Waals surface area contributed by atoms with E-state index in [1.54, 1.807) is 41.4 Å². The number of amides is 2. The lowest BCUT2D eigenvalue weighted by Gasteiger charge is -2.21. The Morgan fingerprint density at radius 2 is 1.69 bits per heavy atom. The molecule has 1 atom stereocenters. The van der Waals surface area contributed by atoms with Crippen LogP contribution in [0.3, 0.4) is 0 Å². The molecule has 35 heavy (non-hydrogen) atoms. The summed E-state index contributed by atoms with van der Waals surface area (Å²) in [6.45, 7) is 5.53. The monoisotopic (exact) mass is 468 g/mol. The largest absolute Gasteiger partial charge is 0.457 e. The molecule has 1 unspecified atom stereocenters. The number of ether oxygens (including phenoxy) is 2. The number of anilines is 1. The maximum atomic E-state index is 12.2. The molecule has 1 fully saturated rings. The van der Waals surface area contributed by atoms with Crippen LogP contribution in [0.15, 0.2) is 91.3 Å². The summed E-state index contributed by atoms with van der Waals surface area (Å²) in [4.78, 5) is 32.2. The predicted molar refractivity (Wildman–Crippen MR) is 131 cm³/mol. The van der Waals surface area contributed by atoms with E-state index in [0.29, 0.717) is 24.6 Å². The molecule has 0 aliphatic carbocycles. The second kappa shape index (κ2) is 9.34. The normalized spacial score (nSPS) is 16.5. The Labute approximate surface area is 202 Å². The molecule has 3 aromatic rings. The summed E-state index contributed by atoms with van der Waals surface area (Å²) >= 11 is 0. The van der Waals surface area contributed by atoms with Crippen LogP contribution in [0, 0.1) is 5.92 Å². The van der Waals surface area contributed by atoms with Gasteiger partial charge in [0.2, 0.25) is 11.8 Å². The number of carbonyl (C=O) groups is 2. The van der Waals surface area contributed by atoms with E-state index in [-0.39, 0.29) is 23.3 Å². The Morgan fingerprint density at radius 1 is 1.00 bits per heavy atom. The van der Waals surface area contributed by atoms with Crippen molar-refractivity contribution in [1.82, 2.24) is 9.88 Å². The SMILES string of the molecule is C=CC(=O)N1C=C2CN(c3cnc(Oc4ccc(Oc5ccccc5)cc4)c(C(N)=O)c3)CC2C1. The third-order valence-corrected chi connectivity index (χ3v) is 6.02. The summed E-state index contributed by atoms with van der Waals surface area (Å²) in [6.07, 6.45) is 4.88. The maximum absolute atomic E-state index is 12.2. The van der Waals surface area contributed by atoms with Gasteiger partial charge in [0, 0.05) is 31.8 Å². The summed E-state index contributed by atoms with van der Waals surface area (Å²) in [5.74, 6) is 1.54. The average Bonchev–Trinajstić information content (AvgIpc) is 3.45. The quantitative estimate of drug-likeness (QED) is 0.524. The van der Waals surface area contributed by atoms with Crippen LogP contribution in [0.4, 0.5) is 5.69 Å². The standard InChI is InChI=1S/C27H24N4O4/c1-2-25(32)31-16-18-14-30(15-19(18)17-31)20-12-24(26(28)33)27(29-13-20)35-23-10-8-22(9-11-23)34-21-6-4-3-5-7-21/h2-13,16,19H,1,14-15,17H2,(H2,28,33). The van der Waals surface area contributed by atoms with Crippen LogP contribution in [0.2, 0.25) is 0 Å². The summed E-state index contributed by atoms with van der Waals surface area (Å²) in [5, 5.41) is 0. The van der Waals surface area contributed by atoms with E-state index in [4.69, 9.17) is 15.2 Å². The van der Waals surface area contributed by atoms with Gasteiger partial charge in [-0.15, -0.1) is 0 Å². The first kappa shape index (κ1) is 22.2. The van der Waals surface area contributed by atoms with Gasteiger partial charge in [0.15, 0.2) is 0 Å². The minimum absolute atomic E-state index is 0.0997. The number of nitrogens with zero attached hydrogens (tertiary/aromatic N) is 3. The second-order valence-electron chi connectivity index (χ2n) is 8.38. The van der Waals surface area contributed by atoms with E-state index in [2.05, 4.69) is 16.5 Å². The first-order valence-corrected chi connectivity index (χ1v) is 11.2. The number of benzene rings is 2. The number of para-hydroxylation sites is 1. The number of fused-ring (bicyclic) bond motifs is 1. The number of nitrogens with two attached hydrogens (primary N) is 1. The fraction of sp³-hybridized carbons (Fsp3) is 0.148. The van der Waals surface area contributed by atoms with E-state index >= 15 is 0 Å². The molecule has 2 aliphatic rings. The van der Waals surface area contributed by atoms with Crippen molar-refractivity contribution in [2.75, 3.05) is 24.5 Å². The number of hydrogen-bond acceptors (Lipinski definition) is 6. The molecular formula is C27H24N4O4. The average molecular weight is 469 g/mol. The molecule has 2 N–H and O–H groups in total. The number of aromatic nitrogens is 1. The minimum Gasteiger partial charge on any atom is -0.457 e. The molecule has 8 heteroatoms. The van der Waals surface area contributed by atoms with Gasteiger partial charge in [0.1, 0.15) is 22.8 Å². The lowest BCUT2D eigenvalue weighted by atomic mass is 10.1. The molecule has 2 aromatic carbocycles. The highest BCUT2D eigenvalue weighted by Crippen LogP contribution is 2.35. The van der Waals surface area contributed by atoms with Crippen molar-refractivity contribution in [3.63, 3.8) is 0 Å². The van der Waals surface area contributed by atoms with Crippen LogP contribution in [0.25, 0.3) is 0 Å². The number of carbonyl (C=O) groups excluding carboxylic acids is 2. The third kappa shape index (κ3) is 4.72. The lowest BCUT2D eigenvalue weighted by molar-refractivity contribution is -0.123. The molecule has 0 radical (unpaired) electrons. The zero-order chi connectivity index (χ0) is 24.4. The Bertz CT molecular complexity index is 1300. The molecule has 5 rings (SSSR count). The van der Waals surface area contributed by atoms with Gasteiger partial charge in [-0.2, -0.15) is 0 Å². The Balaban J connectivity index is 1.29. The van der Waals surface area contributed by atoms with E-state index < -0.39 is 5.91 Å². The second-order valence-corrected chi connectivity index (χ2v) is 8.38. The lowest BCUT2D eigenvalue weighted by Crippen LogP contribution is -2.28. The van der Waals surface area contributed by atoms with Crippen LogP contribution < -0.4 is 20.1 Å². The summed E-state index contributed by atoms with van der Waals surface area (Å²) < 4.78 is 11.7. The number of pyridine rings is 1. The van der Waals surface area contributed by atoms with E-state index in [1.165, 1.54) is 11.6 Å². The highest BCUT2D eigenvalue weighted by atomic mass is 16.5. The van der Waals surface area contributed by atoms with Crippen molar-refractivity contribution in [3.05, 3.63) is 96.9 Å². The fourth-order valence-electron chi connectivity index (χ4n) is 4.26. The number of primary amides is 1. The van der Waals surface area contributed by atoms with E-state index in [0.717, 1.165) is 18.0 Å². The fourth-order valence-corrected chi connectivity index (χ4v) is 4.26. The highest BCUT2D eigenvalue weighted by molar-refractivity contribution is 5.96. The van der Waals surface area contributed by atoms with Crippen molar-refractivity contribution >= 4 is 17.5 Å². The van der Waals surface area contributed by atoms with Crippen LogP contribution >= 0.6 is 0 Å². The molecule has 0 bridgehead atoms. The van der Waals surface area contributed by atoms with Crippen molar-refractivity contribution in [1.29, 1.82) is 0 Å². The van der Waals surface area contributed by atoms with Gasteiger partial charge in [-0.3, -0.25) is 9.59 Å². The minimum atomic E-state index is -0.625. The van der Waals surface area contributed by atoms with Crippen LogP contribution in [0.1, 0.15) is 10.4 Å². The molecule has 0 spiro atoms. The van der Waals surface area contributed by atoms with Gasteiger partial charge >= 0.3 is 0 Å².